The molecular formula is C10H13N3S2. The Morgan fingerprint density at radius 1 is 1.47 bits per heavy atom. The minimum Gasteiger partial charge on any atom is -0.297 e. The number of thiophene rings is 1. The summed E-state index contributed by atoms with van der Waals surface area (Å²) >= 11 is 6.94. The summed E-state index contributed by atoms with van der Waals surface area (Å²) in [7, 11) is 0. The minimum atomic E-state index is 0.327. The molecule has 2 heterocycles. The predicted octanol–water partition coefficient (Wildman–Crippen LogP) is 3.56. The quantitative estimate of drug-likeness (QED) is 0.813. The summed E-state index contributed by atoms with van der Waals surface area (Å²) < 4.78 is 2.73. The molecule has 0 saturated heterocycles. The topological polar surface area (TPSA) is 33.6 Å². The first kappa shape index (κ1) is 10.6. The number of aromatic amines is 1. The molecule has 0 aliphatic heterocycles. The summed E-state index contributed by atoms with van der Waals surface area (Å²) in [5.74, 6) is 0.938. The smallest absolute Gasteiger partial charge is 0.195 e. The number of nitrogens with one attached hydrogen (secondary N) is 1. The molecule has 0 fully saturated rings. The fraction of sp³-hybridized carbons (Fsp3) is 0.400. The van der Waals surface area contributed by atoms with E-state index in [4.69, 9.17) is 12.2 Å². The number of aromatic nitrogens is 3. The highest BCUT2D eigenvalue weighted by atomic mass is 32.1. The zero-order valence-corrected chi connectivity index (χ0v) is 10.6. The molecule has 1 N–H and O–H groups in total. The van der Waals surface area contributed by atoms with Gasteiger partial charge in [-0.15, -0.1) is 11.3 Å². The van der Waals surface area contributed by atoms with Gasteiger partial charge in [-0.05, 0) is 45.1 Å². The molecule has 2 aromatic rings. The van der Waals surface area contributed by atoms with Gasteiger partial charge in [0.15, 0.2) is 10.6 Å². The summed E-state index contributed by atoms with van der Waals surface area (Å²) in [6.07, 6.45) is 0. The van der Waals surface area contributed by atoms with E-state index in [9.17, 15) is 0 Å². The van der Waals surface area contributed by atoms with Crippen molar-refractivity contribution in [2.75, 3.05) is 0 Å². The summed E-state index contributed by atoms with van der Waals surface area (Å²) in [4.78, 5) is 2.45. The average Bonchev–Trinajstić information content (AvgIpc) is 2.71. The van der Waals surface area contributed by atoms with Crippen molar-refractivity contribution in [3.63, 3.8) is 0 Å². The number of aryl methyl sites for hydroxylation is 1. The Morgan fingerprint density at radius 3 is 2.73 bits per heavy atom. The largest absolute Gasteiger partial charge is 0.297 e. The molecular weight excluding hydrogens is 226 g/mol. The number of nitrogens with zero attached hydrogens (tertiary/aromatic N) is 2. The SMILES string of the molecule is Cc1ccc(-c2n[nH]c(=S)n2C(C)C)s1. The van der Waals surface area contributed by atoms with Crippen LogP contribution in [0.15, 0.2) is 12.1 Å². The van der Waals surface area contributed by atoms with Crippen LogP contribution in [0, 0.1) is 11.7 Å². The van der Waals surface area contributed by atoms with Gasteiger partial charge in [0.25, 0.3) is 0 Å². The third-order valence-electron chi connectivity index (χ3n) is 2.18. The van der Waals surface area contributed by atoms with Gasteiger partial charge in [0, 0.05) is 10.9 Å². The second-order valence-corrected chi connectivity index (χ2v) is 5.40. The van der Waals surface area contributed by atoms with E-state index >= 15 is 0 Å². The van der Waals surface area contributed by atoms with Crippen LogP contribution >= 0.6 is 23.6 Å². The highest BCUT2D eigenvalue weighted by Crippen LogP contribution is 2.27. The Morgan fingerprint density at radius 2 is 2.20 bits per heavy atom. The molecule has 0 bridgehead atoms. The first-order valence-corrected chi connectivity index (χ1v) is 6.06. The molecule has 0 aliphatic rings. The van der Waals surface area contributed by atoms with E-state index in [-0.39, 0.29) is 0 Å². The summed E-state index contributed by atoms with van der Waals surface area (Å²) in [6, 6.07) is 4.51. The van der Waals surface area contributed by atoms with Gasteiger partial charge in [-0.2, -0.15) is 5.10 Å². The van der Waals surface area contributed by atoms with Gasteiger partial charge in [-0.25, -0.2) is 0 Å². The summed E-state index contributed by atoms with van der Waals surface area (Å²) in [5, 5.41) is 7.13. The number of H-pyrrole nitrogens is 1. The van der Waals surface area contributed by atoms with Crippen LogP contribution in [0.1, 0.15) is 24.8 Å². The maximum atomic E-state index is 5.21. The molecule has 5 heteroatoms. The Kier molecular flexibility index (Phi) is 2.75. The molecule has 0 aliphatic carbocycles. The molecule has 0 spiro atoms. The zero-order valence-electron chi connectivity index (χ0n) is 8.94. The predicted molar refractivity (Wildman–Crippen MR) is 65.8 cm³/mol. The van der Waals surface area contributed by atoms with Crippen LogP contribution < -0.4 is 0 Å². The van der Waals surface area contributed by atoms with Gasteiger partial charge in [0.1, 0.15) is 0 Å². The zero-order chi connectivity index (χ0) is 11.0. The van der Waals surface area contributed by atoms with E-state index in [0.29, 0.717) is 10.8 Å². The van der Waals surface area contributed by atoms with Crippen molar-refractivity contribution >= 4 is 23.6 Å². The third kappa shape index (κ3) is 1.89. The van der Waals surface area contributed by atoms with Gasteiger partial charge < -0.3 is 0 Å². The molecule has 0 aromatic carbocycles. The van der Waals surface area contributed by atoms with Crippen LogP contribution in [0.3, 0.4) is 0 Å². The van der Waals surface area contributed by atoms with E-state index in [1.807, 2.05) is 4.57 Å². The molecule has 2 rings (SSSR count). The van der Waals surface area contributed by atoms with Gasteiger partial charge in [-0.1, -0.05) is 0 Å². The van der Waals surface area contributed by atoms with Crippen molar-refractivity contribution in [2.24, 2.45) is 0 Å². The standard InChI is InChI=1S/C10H13N3S2/c1-6(2)13-9(11-12-10(13)14)8-5-4-7(3)15-8/h4-6H,1-3H3,(H,12,14). The number of rotatable bonds is 2. The highest BCUT2D eigenvalue weighted by molar-refractivity contribution is 7.71. The van der Waals surface area contributed by atoms with Crippen molar-refractivity contribution in [1.82, 2.24) is 14.8 Å². The first-order valence-electron chi connectivity index (χ1n) is 4.83. The molecule has 0 unspecified atom stereocenters. The number of hydrogen-bond donors (Lipinski definition) is 1. The average molecular weight is 239 g/mol. The highest BCUT2D eigenvalue weighted by Gasteiger charge is 2.12. The second-order valence-electron chi connectivity index (χ2n) is 3.73. The van der Waals surface area contributed by atoms with Crippen molar-refractivity contribution in [3.8, 4) is 10.7 Å². The van der Waals surface area contributed by atoms with E-state index in [0.717, 1.165) is 10.7 Å². The van der Waals surface area contributed by atoms with E-state index < -0.39 is 0 Å². The summed E-state index contributed by atoms with van der Waals surface area (Å²) in [6.45, 7) is 6.31. The Balaban J connectivity index is 2.58. The maximum absolute atomic E-state index is 5.21. The van der Waals surface area contributed by atoms with E-state index in [1.165, 1.54) is 4.88 Å². The Bertz CT molecular complexity index is 519. The maximum Gasteiger partial charge on any atom is 0.195 e. The van der Waals surface area contributed by atoms with Gasteiger partial charge in [-0.3, -0.25) is 9.67 Å². The van der Waals surface area contributed by atoms with Crippen LogP contribution in [0.4, 0.5) is 0 Å². The Labute approximate surface area is 97.8 Å². The lowest BCUT2D eigenvalue weighted by molar-refractivity contribution is 0.597. The van der Waals surface area contributed by atoms with Gasteiger partial charge in [0.05, 0.1) is 4.88 Å². The minimum absolute atomic E-state index is 0.327. The first-order chi connectivity index (χ1) is 7.09. The molecule has 3 nitrogen and oxygen atoms in total. The van der Waals surface area contributed by atoms with Crippen LogP contribution in [-0.4, -0.2) is 14.8 Å². The molecule has 0 amide bonds. The molecule has 0 atom stereocenters. The number of hydrogen-bond acceptors (Lipinski definition) is 3. The van der Waals surface area contributed by atoms with Gasteiger partial charge >= 0.3 is 0 Å². The lowest BCUT2D eigenvalue weighted by atomic mass is 10.3. The molecule has 0 saturated carbocycles. The van der Waals surface area contributed by atoms with Crippen molar-refractivity contribution in [3.05, 3.63) is 21.8 Å². The lowest BCUT2D eigenvalue weighted by Crippen LogP contribution is -2.02. The van der Waals surface area contributed by atoms with Crippen molar-refractivity contribution < 1.29 is 0 Å². The van der Waals surface area contributed by atoms with Crippen LogP contribution in [-0.2, 0) is 0 Å². The van der Waals surface area contributed by atoms with Crippen LogP contribution in [0.5, 0.6) is 0 Å². The third-order valence-corrected chi connectivity index (χ3v) is 3.47. The molecule has 2 aromatic heterocycles. The monoisotopic (exact) mass is 239 g/mol. The second kappa shape index (κ2) is 3.90. The fourth-order valence-corrected chi connectivity index (χ4v) is 2.71. The van der Waals surface area contributed by atoms with Crippen LogP contribution in [0.25, 0.3) is 10.7 Å². The van der Waals surface area contributed by atoms with Crippen molar-refractivity contribution in [1.29, 1.82) is 0 Å². The summed E-state index contributed by atoms with van der Waals surface area (Å²) in [5.41, 5.74) is 0. The molecule has 15 heavy (non-hydrogen) atoms. The molecule has 0 radical (unpaired) electrons. The lowest BCUT2D eigenvalue weighted by Gasteiger charge is -2.08. The normalized spacial score (nSPS) is 11.2. The van der Waals surface area contributed by atoms with Crippen molar-refractivity contribution in [2.45, 2.75) is 26.8 Å². The Hall–Kier alpha value is -0.940. The molecule has 80 valence electrons. The van der Waals surface area contributed by atoms with Crippen LogP contribution in [0.2, 0.25) is 0 Å². The fourth-order valence-electron chi connectivity index (χ4n) is 1.51. The van der Waals surface area contributed by atoms with E-state index in [2.05, 4.69) is 43.1 Å². The van der Waals surface area contributed by atoms with E-state index in [1.54, 1.807) is 11.3 Å². The van der Waals surface area contributed by atoms with Gasteiger partial charge in [0.2, 0.25) is 0 Å².